The second-order valence-corrected chi connectivity index (χ2v) is 20.2. The molecule has 77 heavy (non-hydrogen) atoms. The third-order valence-electron chi connectivity index (χ3n) is 12.8. The van der Waals surface area contributed by atoms with E-state index in [4.69, 9.17) is 14.2 Å². The molecule has 0 spiro atoms. The Kier molecular flexibility index (Phi) is 59.9. The van der Waals surface area contributed by atoms with E-state index < -0.39 is 6.10 Å². The second kappa shape index (κ2) is 63.8. The quantitative estimate of drug-likeness (QED) is 0.0261. The van der Waals surface area contributed by atoms with Crippen LogP contribution in [0.3, 0.4) is 0 Å². The molecule has 0 amide bonds. The van der Waals surface area contributed by atoms with Gasteiger partial charge in [-0.3, -0.25) is 14.4 Å². The molecule has 0 rings (SSSR count). The molecule has 434 valence electrons. The van der Waals surface area contributed by atoms with E-state index in [2.05, 4.69) is 167 Å². The number of ether oxygens (including phenoxy) is 3. The zero-order chi connectivity index (χ0) is 55.7. The largest absolute Gasteiger partial charge is 0.462 e. The lowest BCUT2D eigenvalue weighted by molar-refractivity contribution is -0.167. The summed E-state index contributed by atoms with van der Waals surface area (Å²) in [6, 6.07) is 0. The van der Waals surface area contributed by atoms with Crippen molar-refractivity contribution in [2.24, 2.45) is 0 Å². The Balaban J connectivity index is 4.46. The van der Waals surface area contributed by atoms with Crippen molar-refractivity contribution >= 4 is 17.9 Å². The number of hydrogen-bond acceptors (Lipinski definition) is 6. The van der Waals surface area contributed by atoms with Gasteiger partial charge in [-0.05, 0) is 141 Å². The fourth-order valence-electron chi connectivity index (χ4n) is 8.17. The molecule has 6 heteroatoms. The van der Waals surface area contributed by atoms with Crippen molar-refractivity contribution < 1.29 is 28.6 Å². The Morgan fingerprint density at radius 2 is 0.506 bits per heavy atom. The molecular weight excluding hydrogens is 949 g/mol. The fourth-order valence-corrected chi connectivity index (χ4v) is 8.17. The monoisotopic (exact) mass is 1060 g/mol. The first kappa shape index (κ1) is 72.3. The van der Waals surface area contributed by atoms with Crippen LogP contribution in [0.2, 0.25) is 0 Å². The first-order chi connectivity index (χ1) is 38.0. The van der Waals surface area contributed by atoms with Crippen LogP contribution in [0.1, 0.15) is 265 Å². The van der Waals surface area contributed by atoms with Gasteiger partial charge >= 0.3 is 17.9 Å². The minimum absolute atomic E-state index is 0.106. The molecule has 0 aromatic heterocycles. The summed E-state index contributed by atoms with van der Waals surface area (Å²) in [5.74, 6) is -0.967. The van der Waals surface area contributed by atoms with Crippen molar-refractivity contribution in [3.05, 3.63) is 146 Å². The van der Waals surface area contributed by atoms with Crippen LogP contribution < -0.4 is 0 Å². The summed E-state index contributed by atoms with van der Waals surface area (Å²) in [5.41, 5.74) is 0. The minimum Gasteiger partial charge on any atom is -0.462 e. The molecule has 0 bridgehead atoms. The second-order valence-electron chi connectivity index (χ2n) is 20.2. The Morgan fingerprint density at radius 1 is 0.273 bits per heavy atom. The van der Waals surface area contributed by atoms with Gasteiger partial charge in [-0.2, -0.15) is 0 Å². The smallest absolute Gasteiger partial charge is 0.306 e. The molecule has 1 unspecified atom stereocenters. The van der Waals surface area contributed by atoms with E-state index >= 15 is 0 Å². The first-order valence-corrected chi connectivity index (χ1v) is 31.3. The molecule has 0 saturated carbocycles. The summed E-state index contributed by atoms with van der Waals surface area (Å²) in [6.45, 7) is 6.34. The average molecular weight is 1060 g/mol. The number of carbonyl (C=O) groups is 3. The summed E-state index contributed by atoms with van der Waals surface area (Å²) < 4.78 is 16.9. The van der Waals surface area contributed by atoms with Crippen molar-refractivity contribution in [3.8, 4) is 0 Å². The van der Waals surface area contributed by atoms with Gasteiger partial charge in [0.25, 0.3) is 0 Å². The number of rotatable bonds is 55. The van der Waals surface area contributed by atoms with Gasteiger partial charge in [-0.1, -0.05) is 250 Å². The van der Waals surface area contributed by atoms with Gasteiger partial charge in [0.1, 0.15) is 13.2 Å². The Morgan fingerprint density at radius 3 is 0.818 bits per heavy atom. The Labute approximate surface area is 474 Å². The molecule has 0 heterocycles. The summed E-state index contributed by atoms with van der Waals surface area (Å²) in [5, 5.41) is 0. The fraction of sp³-hybridized carbons (Fsp3) is 0.620. The number of hydrogen-bond donors (Lipinski definition) is 0. The Bertz CT molecular complexity index is 1700. The predicted octanol–water partition coefficient (Wildman–Crippen LogP) is 21.5. The number of carbonyl (C=O) groups excluding carboxylic acids is 3. The van der Waals surface area contributed by atoms with Crippen molar-refractivity contribution in [1.29, 1.82) is 0 Å². The summed E-state index contributed by atoms with van der Waals surface area (Å²) in [4.78, 5) is 38.3. The molecule has 6 nitrogen and oxygen atoms in total. The zero-order valence-electron chi connectivity index (χ0n) is 49.7. The third-order valence-corrected chi connectivity index (χ3v) is 12.8. The standard InChI is InChI=1S/C71H114O6/c1-4-7-10-13-16-19-22-25-28-30-32-33-34-35-36-37-39-40-43-46-49-52-55-58-61-64-70(73)76-67-68(66-75-69(72)63-60-57-54-51-48-45-42-27-24-21-18-15-12-9-6-3)77-71(74)65-62-59-56-53-50-47-44-41-38-31-29-26-23-20-17-14-11-8-5-2/h7,9-10,12,16-21,25-29,32-33,35-36,39-40,42,48,51,68H,4-6,8,11,13-15,22-24,30-31,34,37-38,41,43-47,49-50,52-67H2,1-3H3/b10-7-,12-9-,19-16-,20-17-,21-18-,28-25-,29-26-,33-32-,36-35-,40-39-,42-27-,51-48-. The van der Waals surface area contributed by atoms with Crippen LogP contribution in [-0.4, -0.2) is 37.2 Å². The molecule has 0 radical (unpaired) electrons. The van der Waals surface area contributed by atoms with Crippen LogP contribution in [0, 0.1) is 0 Å². The normalized spacial score (nSPS) is 13.1. The highest BCUT2D eigenvalue weighted by atomic mass is 16.6. The third kappa shape index (κ3) is 62.0. The van der Waals surface area contributed by atoms with Gasteiger partial charge in [0.2, 0.25) is 0 Å². The summed E-state index contributed by atoms with van der Waals surface area (Å²) in [6.07, 6.45) is 91.3. The van der Waals surface area contributed by atoms with Crippen LogP contribution in [0.15, 0.2) is 146 Å². The van der Waals surface area contributed by atoms with E-state index in [0.717, 1.165) is 135 Å². The number of unbranched alkanes of at least 4 members (excludes halogenated alkanes) is 20. The highest BCUT2D eigenvalue weighted by molar-refractivity contribution is 5.71. The van der Waals surface area contributed by atoms with E-state index in [0.29, 0.717) is 25.7 Å². The Hall–Kier alpha value is -4.71. The highest BCUT2D eigenvalue weighted by Crippen LogP contribution is 2.14. The van der Waals surface area contributed by atoms with E-state index in [1.54, 1.807) is 0 Å². The van der Waals surface area contributed by atoms with Gasteiger partial charge in [-0.15, -0.1) is 0 Å². The van der Waals surface area contributed by atoms with Crippen LogP contribution in [0.25, 0.3) is 0 Å². The first-order valence-electron chi connectivity index (χ1n) is 31.3. The van der Waals surface area contributed by atoms with Crippen LogP contribution in [0.4, 0.5) is 0 Å². The lowest BCUT2D eigenvalue weighted by atomic mass is 10.1. The zero-order valence-corrected chi connectivity index (χ0v) is 49.7. The molecule has 0 saturated heterocycles. The maximum Gasteiger partial charge on any atom is 0.306 e. The van der Waals surface area contributed by atoms with Crippen LogP contribution in [0.5, 0.6) is 0 Å². The van der Waals surface area contributed by atoms with Gasteiger partial charge in [-0.25, -0.2) is 0 Å². The van der Waals surface area contributed by atoms with Gasteiger partial charge < -0.3 is 14.2 Å². The topological polar surface area (TPSA) is 78.9 Å². The van der Waals surface area contributed by atoms with E-state index in [1.165, 1.54) is 83.5 Å². The molecule has 0 aromatic rings. The minimum atomic E-state index is -0.811. The number of esters is 3. The van der Waals surface area contributed by atoms with Crippen molar-refractivity contribution in [3.63, 3.8) is 0 Å². The van der Waals surface area contributed by atoms with Crippen molar-refractivity contribution in [2.45, 2.75) is 271 Å². The number of allylic oxidation sites excluding steroid dienone is 24. The molecule has 0 fully saturated rings. The highest BCUT2D eigenvalue weighted by Gasteiger charge is 2.19. The SMILES string of the molecule is CC/C=C\C/C=C\C/C=C\C/C=C\C/C=C\C/C=C\CCCCCCCCC(=O)OCC(COC(=O)CCCC/C=C\C/C=C\C/C=C\C/C=C\CC)OC(=O)CCCCCCCCCCC/C=C\C/C=C\CCCCC. The van der Waals surface area contributed by atoms with E-state index in [1.807, 2.05) is 0 Å². The molecule has 0 N–H and O–H groups in total. The van der Waals surface area contributed by atoms with Gasteiger partial charge in [0.15, 0.2) is 6.10 Å². The maximum atomic E-state index is 12.9. The molecule has 0 aromatic carbocycles. The predicted molar refractivity (Wildman–Crippen MR) is 334 cm³/mol. The maximum absolute atomic E-state index is 12.9. The average Bonchev–Trinajstić information content (AvgIpc) is 3.43. The summed E-state index contributed by atoms with van der Waals surface area (Å²) in [7, 11) is 0. The lowest BCUT2D eigenvalue weighted by Gasteiger charge is -2.18. The van der Waals surface area contributed by atoms with Crippen molar-refractivity contribution in [1.82, 2.24) is 0 Å². The van der Waals surface area contributed by atoms with E-state index in [-0.39, 0.29) is 31.1 Å². The molecule has 0 aliphatic carbocycles. The van der Waals surface area contributed by atoms with Gasteiger partial charge in [0.05, 0.1) is 0 Å². The molecule has 0 aliphatic rings. The molecule has 0 aliphatic heterocycles. The molecule has 1 atom stereocenters. The van der Waals surface area contributed by atoms with Crippen LogP contribution in [-0.2, 0) is 28.6 Å². The van der Waals surface area contributed by atoms with Gasteiger partial charge in [0, 0.05) is 19.3 Å². The van der Waals surface area contributed by atoms with Crippen LogP contribution >= 0.6 is 0 Å². The molecular formula is C71H114O6. The van der Waals surface area contributed by atoms with Crippen molar-refractivity contribution in [2.75, 3.05) is 13.2 Å². The summed E-state index contributed by atoms with van der Waals surface area (Å²) >= 11 is 0. The lowest BCUT2D eigenvalue weighted by Crippen LogP contribution is -2.30. The van der Waals surface area contributed by atoms with E-state index in [9.17, 15) is 14.4 Å².